The first kappa shape index (κ1) is 16.6. The number of hydrogen-bond donors (Lipinski definition) is 1. The van der Waals surface area contributed by atoms with Gasteiger partial charge in [0.1, 0.15) is 17.2 Å². The van der Waals surface area contributed by atoms with Gasteiger partial charge in [0.15, 0.2) is 0 Å². The van der Waals surface area contributed by atoms with Gasteiger partial charge in [-0.1, -0.05) is 48.5 Å². The van der Waals surface area contributed by atoms with Crippen LogP contribution in [0.4, 0.5) is 5.69 Å². The smallest absolute Gasteiger partial charge is 0.267 e. The molecule has 5 heteroatoms. The van der Waals surface area contributed by atoms with E-state index in [0.29, 0.717) is 27.9 Å². The van der Waals surface area contributed by atoms with Gasteiger partial charge >= 0.3 is 0 Å². The lowest BCUT2D eigenvalue weighted by atomic mass is 10.2. The Bertz CT molecular complexity index is 917. The summed E-state index contributed by atoms with van der Waals surface area (Å²) in [4.78, 5) is 13.1. The number of hydrogen-bond acceptors (Lipinski definition) is 3. The highest BCUT2D eigenvalue weighted by molar-refractivity contribution is 7.21. The van der Waals surface area contributed by atoms with Crippen LogP contribution in [0, 0.1) is 0 Å². The molecule has 0 aliphatic heterocycles. The van der Waals surface area contributed by atoms with E-state index >= 15 is 0 Å². The Kier molecular flexibility index (Phi) is 4.88. The fourth-order valence-corrected chi connectivity index (χ4v) is 3.65. The van der Waals surface area contributed by atoms with Crippen LogP contribution in [0.3, 0.4) is 0 Å². The summed E-state index contributed by atoms with van der Waals surface area (Å²) in [5.41, 5.74) is 1.51. The molecule has 1 heterocycles. The maximum Gasteiger partial charge on any atom is 0.267 e. The van der Waals surface area contributed by atoms with Gasteiger partial charge in [0.05, 0.1) is 10.7 Å². The van der Waals surface area contributed by atoms with Crippen LogP contribution in [0.1, 0.15) is 16.6 Å². The summed E-state index contributed by atoms with van der Waals surface area (Å²) in [6.07, 6.45) is 0. The molecule has 1 N–H and O–H groups in total. The topological polar surface area (TPSA) is 38.3 Å². The van der Waals surface area contributed by atoms with Crippen LogP contribution >= 0.6 is 22.9 Å². The molecular weight excluding hydrogens is 342 g/mol. The summed E-state index contributed by atoms with van der Waals surface area (Å²) in [5, 5.41) is 4.25. The molecule has 0 bridgehead atoms. The number of rotatable bonds is 5. The molecule has 0 fully saturated rings. The van der Waals surface area contributed by atoms with Crippen molar-refractivity contribution in [3.8, 4) is 5.75 Å². The molecule has 0 saturated carbocycles. The van der Waals surface area contributed by atoms with Crippen LogP contribution in [0.2, 0.25) is 5.02 Å². The van der Waals surface area contributed by atoms with Crippen molar-refractivity contribution in [1.82, 2.24) is 0 Å². The Balaban J connectivity index is 1.86. The highest BCUT2D eigenvalue weighted by Crippen LogP contribution is 2.36. The lowest BCUT2D eigenvalue weighted by molar-refractivity contribution is 0.103. The zero-order chi connectivity index (χ0) is 17.1. The van der Waals surface area contributed by atoms with E-state index in [4.69, 9.17) is 16.3 Å². The lowest BCUT2D eigenvalue weighted by Gasteiger charge is -2.12. The summed E-state index contributed by atoms with van der Waals surface area (Å²) < 4.78 is 6.67. The fraction of sp³-hybridized carbons (Fsp3) is 0.105. The predicted molar refractivity (Wildman–Crippen MR) is 102 cm³/mol. The van der Waals surface area contributed by atoms with Crippen molar-refractivity contribution in [3.05, 3.63) is 70.6 Å². The van der Waals surface area contributed by atoms with E-state index in [9.17, 15) is 4.79 Å². The number of para-hydroxylation sites is 2. The van der Waals surface area contributed by atoms with Crippen molar-refractivity contribution in [1.29, 1.82) is 0 Å². The minimum absolute atomic E-state index is 0.243. The fourth-order valence-electron chi connectivity index (χ4n) is 2.24. The standard InChI is InChI=1S/C19H16ClNO2S/c1-12(2)11-23-15-9-5-4-8-14(15)21-19(22)18-17(20)13-7-3-6-10-16(13)24-18/h3-10H,1,11H2,2H3,(H,21,22). The molecule has 0 unspecified atom stereocenters. The zero-order valence-electron chi connectivity index (χ0n) is 13.1. The van der Waals surface area contributed by atoms with Gasteiger partial charge in [0.2, 0.25) is 0 Å². The van der Waals surface area contributed by atoms with Gasteiger partial charge in [-0.3, -0.25) is 4.79 Å². The SMILES string of the molecule is C=C(C)COc1ccccc1NC(=O)c1sc2ccccc2c1Cl. The van der Waals surface area contributed by atoms with Crippen molar-refractivity contribution in [2.45, 2.75) is 6.92 Å². The van der Waals surface area contributed by atoms with Gasteiger partial charge in [0, 0.05) is 10.1 Å². The molecule has 3 aromatic rings. The second-order valence-electron chi connectivity index (χ2n) is 5.44. The molecule has 0 saturated heterocycles. The van der Waals surface area contributed by atoms with Crippen LogP contribution < -0.4 is 10.1 Å². The quantitative estimate of drug-likeness (QED) is 0.589. The third-order valence-corrected chi connectivity index (χ3v) is 5.02. The number of carbonyl (C=O) groups is 1. The predicted octanol–water partition coefficient (Wildman–Crippen LogP) is 5.76. The summed E-state index contributed by atoms with van der Waals surface area (Å²) in [6.45, 7) is 6.10. The van der Waals surface area contributed by atoms with Gasteiger partial charge in [-0.2, -0.15) is 0 Å². The highest BCUT2D eigenvalue weighted by Gasteiger charge is 2.18. The first-order valence-corrected chi connectivity index (χ1v) is 8.60. The number of amides is 1. The highest BCUT2D eigenvalue weighted by atomic mass is 35.5. The van der Waals surface area contributed by atoms with Gasteiger partial charge in [-0.25, -0.2) is 0 Å². The number of anilines is 1. The normalized spacial score (nSPS) is 10.6. The van der Waals surface area contributed by atoms with Crippen molar-refractivity contribution >= 4 is 44.6 Å². The number of benzene rings is 2. The first-order chi connectivity index (χ1) is 11.6. The Hall–Kier alpha value is -2.30. The van der Waals surface area contributed by atoms with E-state index in [-0.39, 0.29) is 5.91 Å². The van der Waals surface area contributed by atoms with E-state index in [1.54, 1.807) is 6.07 Å². The van der Waals surface area contributed by atoms with Crippen LogP contribution in [-0.4, -0.2) is 12.5 Å². The number of ether oxygens (including phenoxy) is 1. The summed E-state index contributed by atoms with van der Waals surface area (Å²) >= 11 is 7.74. The molecule has 0 atom stereocenters. The second kappa shape index (κ2) is 7.07. The number of carbonyl (C=O) groups excluding carboxylic acids is 1. The van der Waals surface area contributed by atoms with E-state index in [1.807, 2.05) is 49.4 Å². The van der Waals surface area contributed by atoms with Gasteiger partial charge in [-0.05, 0) is 30.7 Å². The number of nitrogens with one attached hydrogen (secondary N) is 1. The molecule has 122 valence electrons. The summed E-state index contributed by atoms with van der Waals surface area (Å²) in [6, 6.07) is 15.0. The Morgan fingerprint density at radius 1 is 1.21 bits per heavy atom. The zero-order valence-corrected chi connectivity index (χ0v) is 14.7. The molecule has 3 nitrogen and oxygen atoms in total. The van der Waals surface area contributed by atoms with Gasteiger partial charge in [-0.15, -0.1) is 11.3 Å². The molecule has 2 aromatic carbocycles. The number of fused-ring (bicyclic) bond motifs is 1. The molecule has 0 aliphatic rings. The molecule has 3 rings (SSSR count). The third kappa shape index (κ3) is 3.45. The number of thiophene rings is 1. The third-order valence-electron chi connectivity index (χ3n) is 3.35. The van der Waals surface area contributed by atoms with Gasteiger partial charge in [0.25, 0.3) is 5.91 Å². The maximum atomic E-state index is 12.6. The largest absolute Gasteiger partial charge is 0.487 e. The Labute approximate surface area is 149 Å². The van der Waals surface area contributed by atoms with E-state index in [0.717, 1.165) is 15.7 Å². The van der Waals surface area contributed by atoms with Crippen LogP contribution in [-0.2, 0) is 0 Å². The molecule has 1 aromatic heterocycles. The minimum Gasteiger partial charge on any atom is -0.487 e. The van der Waals surface area contributed by atoms with Crippen molar-refractivity contribution < 1.29 is 9.53 Å². The van der Waals surface area contributed by atoms with Crippen molar-refractivity contribution in [2.24, 2.45) is 0 Å². The summed E-state index contributed by atoms with van der Waals surface area (Å²) in [5.74, 6) is 0.360. The van der Waals surface area contributed by atoms with Crippen LogP contribution in [0.25, 0.3) is 10.1 Å². The Morgan fingerprint density at radius 2 is 1.92 bits per heavy atom. The van der Waals surface area contributed by atoms with E-state index < -0.39 is 0 Å². The Morgan fingerprint density at radius 3 is 2.67 bits per heavy atom. The van der Waals surface area contributed by atoms with E-state index in [1.165, 1.54) is 11.3 Å². The maximum absolute atomic E-state index is 12.6. The molecule has 0 spiro atoms. The van der Waals surface area contributed by atoms with Crippen molar-refractivity contribution in [2.75, 3.05) is 11.9 Å². The molecule has 0 radical (unpaired) electrons. The molecule has 0 aliphatic carbocycles. The monoisotopic (exact) mass is 357 g/mol. The minimum atomic E-state index is -0.243. The molecule has 24 heavy (non-hydrogen) atoms. The van der Waals surface area contributed by atoms with Crippen LogP contribution in [0.5, 0.6) is 5.75 Å². The average molecular weight is 358 g/mol. The van der Waals surface area contributed by atoms with Crippen LogP contribution in [0.15, 0.2) is 60.7 Å². The second-order valence-corrected chi connectivity index (χ2v) is 6.87. The molecular formula is C19H16ClNO2S. The summed E-state index contributed by atoms with van der Waals surface area (Å²) in [7, 11) is 0. The first-order valence-electron chi connectivity index (χ1n) is 7.41. The average Bonchev–Trinajstić information content (AvgIpc) is 2.91. The number of halogens is 1. The molecule has 1 amide bonds. The van der Waals surface area contributed by atoms with Gasteiger partial charge < -0.3 is 10.1 Å². The van der Waals surface area contributed by atoms with Crippen molar-refractivity contribution in [3.63, 3.8) is 0 Å². The lowest BCUT2D eigenvalue weighted by Crippen LogP contribution is -2.12. The van der Waals surface area contributed by atoms with E-state index in [2.05, 4.69) is 11.9 Å².